The zero-order valence-corrected chi connectivity index (χ0v) is 15.8. The lowest BCUT2D eigenvalue weighted by Crippen LogP contribution is -2.19. The average Bonchev–Trinajstić information content (AvgIpc) is 3.04. The summed E-state index contributed by atoms with van der Waals surface area (Å²) in [6.45, 7) is 0. The van der Waals surface area contributed by atoms with Crippen LogP contribution in [0.15, 0.2) is 52.9 Å². The third-order valence-electron chi connectivity index (χ3n) is 3.01. The highest BCUT2D eigenvalue weighted by molar-refractivity contribution is 8.00. The van der Waals surface area contributed by atoms with Crippen molar-refractivity contribution in [2.45, 2.75) is 10.1 Å². The number of amides is 2. The Morgan fingerprint density at radius 3 is 2.60 bits per heavy atom. The molecular weight excluding hydrogens is 399 g/mol. The zero-order valence-electron chi connectivity index (χ0n) is 12.7. The van der Waals surface area contributed by atoms with Crippen LogP contribution in [-0.2, 0) is 5.75 Å². The van der Waals surface area contributed by atoms with E-state index in [-0.39, 0.29) is 0 Å². The molecule has 0 radical (unpaired) electrons. The molecule has 0 aliphatic carbocycles. The lowest BCUT2D eigenvalue weighted by atomic mass is 10.2. The normalized spacial score (nSPS) is 10.5. The minimum atomic E-state index is -0.422. The SMILES string of the molecule is O=C(Nc1ccc(Cl)c(Cl)c1)Nc1nnc(SCc2ccccc2)s1. The molecule has 0 aliphatic heterocycles. The Morgan fingerprint density at radius 2 is 1.84 bits per heavy atom. The number of rotatable bonds is 5. The summed E-state index contributed by atoms with van der Waals surface area (Å²) in [7, 11) is 0. The minimum absolute atomic E-state index is 0.370. The second kappa shape index (κ2) is 8.53. The number of hydrogen-bond donors (Lipinski definition) is 2. The zero-order chi connectivity index (χ0) is 17.6. The second-order valence-corrected chi connectivity index (χ2v) is 7.87. The third kappa shape index (κ3) is 5.34. The van der Waals surface area contributed by atoms with E-state index in [9.17, 15) is 4.79 Å². The molecule has 128 valence electrons. The van der Waals surface area contributed by atoms with Crippen LogP contribution in [0.5, 0.6) is 0 Å². The maximum Gasteiger partial charge on any atom is 0.325 e. The van der Waals surface area contributed by atoms with Crippen molar-refractivity contribution in [2.24, 2.45) is 0 Å². The fraction of sp³-hybridized carbons (Fsp3) is 0.0625. The van der Waals surface area contributed by atoms with Crippen molar-refractivity contribution in [1.82, 2.24) is 10.2 Å². The quantitative estimate of drug-likeness (QED) is 0.413. The molecule has 0 atom stereocenters. The number of anilines is 2. The number of benzene rings is 2. The van der Waals surface area contributed by atoms with E-state index in [4.69, 9.17) is 23.2 Å². The number of thioether (sulfide) groups is 1. The Labute approximate surface area is 162 Å². The average molecular weight is 411 g/mol. The Bertz CT molecular complexity index is 874. The van der Waals surface area contributed by atoms with Gasteiger partial charge in [-0.25, -0.2) is 4.79 Å². The van der Waals surface area contributed by atoms with Crippen LogP contribution in [0.1, 0.15) is 5.56 Å². The van der Waals surface area contributed by atoms with E-state index in [2.05, 4.69) is 33.0 Å². The van der Waals surface area contributed by atoms with E-state index in [1.807, 2.05) is 18.2 Å². The second-order valence-electron chi connectivity index (χ2n) is 4.86. The van der Waals surface area contributed by atoms with Crippen molar-refractivity contribution in [1.29, 1.82) is 0 Å². The van der Waals surface area contributed by atoms with Gasteiger partial charge >= 0.3 is 6.03 Å². The topological polar surface area (TPSA) is 66.9 Å². The van der Waals surface area contributed by atoms with Gasteiger partial charge in [-0.15, -0.1) is 10.2 Å². The maximum absolute atomic E-state index is 12.0. The van der Waals surface area contributed by atoms with E-state index < -0.39 is 6.03 Å². The molecule has 1 heterocycles. The summed E-state index contributed by atoms with van der Waals surface area (Å²) in [4.78, 5) is 12.0. The molecule has 0 saturated carbocycles. The summed E-state index contributed by atoms with van der Waals surface area (Å²) >= 11 is 14.7. The number of carbonyl (C=O) groups excluding carboxylic acids is 1. The van der Waals surface area contributed by atoms with Crippen LogP contribution in [0.2, 0.25) is 10.0 Å². The van der Waals surface area contributed by atoms with Crippen LogP contribution < -0.4 is 10.6 Å². The Hall–Kier alpha value is -1.80. The number of hydrogen-bond acceptors (Lipinski definition) is 5. The van der Waals surface area contributed by atoms with Crippen LogP contribution in [0.4, 0.5) is 15.6 Å². The number of halogens is 2. The summed E-state index contributed by atoms with van der Waals surface area (Å²) in [5.41, 5.74) is 1.74. The molecule has 9 heteroatoms. The van der Waals surface area contributed by atoms with Gasteiger partial charge in [-0.3, -0.25) is 5.32 Å². The highest BCUT2D eigenvalue weighted by Gasteiger charge is 2.10. The molecule has 3 aromatic rings. The molecule has 25 heavy (non-hydrogen) atoms. The lowest BCUT2D eigenvalue weighted by molar-refractivity contribution is 0.262. The molecule has 2 amide bonds. The fourth-order valence-corrected chi connectivity index (χ4v) is 3.87. The van der Waals surface area contributed by atoms with E-state index in [0.29, 0.717) is 20.9 Å². The van der Waals surface area contributed by atoms with Crippen molar-refractivity contribution < 1.29 is 4.79 Å². The molecule has 0 saturated heterocycles. The van der Waals surface area contributed by atoms with Crippen molar-refractivity contribution in [2.75, 3.05) is 10.6 Å². The summed E-state index contributed by atoms with van der Waals surface area (Å²) in [6.07, 6.45) is 0. The van der Waals surface area contributed by atoms with Crippen molar-refractivity contribution in [3.05, 3.63) is 64.1 Å². The van der Waals surface area contributed by atoms with Crippen LogP contribution in [-0.4, -0.2) is 16.2 Å². The molecule has 1 aromatic heterocycles. The molecule has 5 nitrogen and oxygen atoms in total. The first-order valence-electron chi connectivity index (χ1n) is 7.13. The van der Waals surface area contributed by atoms with E-state index in [1.54, 1.807) is 30.0 Å². The van der Waals surface area contributed by atoms with Crippen molar-refractivity contribution >= 4 is 63.2 Å². The van der Waals surface area contributed by atoms with Gasteiger partial charge in [0.1, 0.15) is 0 Å². The van der Waals surface area contributed by atoms with Crippen molar-refractivity contribution in [3.8, 4) is 0 Å². The van der Waals surface area contributed by atoms with Crippen LogP contribution in [0.3, 0.4) is 0 Å². The molecule has 2 N–H and O–H groups in total. The van der Waals surface area contributed by atoms with Gasteiger partial charge in [0.15, 0.2) is 4.34 Å². The first-order valence-corrected chi connectivity index (χ1v) is 9.69. The first-order chi connectivity index (χ1) is 12.1. The number of urea groups is 1. The van der Waals surface area contributed by atoms with Crippen LogP contribution in [0.25, 0.3) is 0 Å². The highest BCUT2D eigenvalue weighted by atomic mass is 35.5. The molecule has 0 aliphatic rings. The van der Waals surface area contributed by atoms with E-state index in [1.165, 1.54) is 16.9 Å². The number of aromatic nitrogens is 2. The number of nitrogens with one attached hydrogen (secondary N) is 2. The molecule has 0 bridgehead atoms. The summed E-state index contributed by atoms with van der Waals surface area (Å²) in [5.74, 6) is 0.797. The standard InChI is InChI=1S/C16H12Cl2N4OS2/c17-12-7-6-11(8-13(12)18)19-14(23)20-15-21-22-16(25-15)24-9-10-4-2-1-3-5-10/h1-8H,9H2,(H2,19,20,21,23). The van der Waals surface area contributed by atoms with Gasteiger partial charge in [0.2, 0.25) is 5.13 Å². The third-order valence-corrected chi connectivity index (χ3v) is 5.79. The summed E-state index contributed by atoms with van der Waals surface area (Å²) in [5, 5.41) is 14.6. The van der Waals surface area contributed by atoms with E-state index in [0.717, 1.165) is 10.1 Å². The summed E-state index contributed by atoms with van der Waals surface area (Å²) < 4.78 is 0.786. The van der Waals surface area contributed by atoms with Gasteiger partial charge in [0, 0.05) is 11.4 Å². The highest BCUT2D eigenvalue weighted by Crippen LogP contribution is 2.28. The largest absolute Gasteiger partial charge is 0.325 e. The molecule has 0 spiro atoms. The van der Waals surface area contributed by atoms with Gasteiger partial charge in [-0.05, 0) is 23.8 Å². The van der Waals surface area contributed by atoms with Gasteiger partial charge in [-0.1, -0.05) is 76.6 Å². The monoisotopic (exact) mass is 410 g/mol. The summed E-state index contributed by atoms with van der Waals surface area (Å²) in [6, 6.07) is 14.5. The van der Waals surface area contributed by atoms with E-state index >= 15 is 0 Å². The number of nitrogens with zero attached hydrogens (tertiary/aromatic N) is 2. The maximum atomic E-state index is 12.0. The minimum Gasteiger partial charge on any atom is -0.308 e. The fourth-order valence-electron chi connectivity index (χ4n) is 1.87. The molecule has 2 aromatic carbocycles. The lowest BCUT2D eigenvalue weighted by Gasteiger charge is -2.05. The van der Waals surface area contributed by atoms with Gasteiger partial charge in [0.05, 0.1) is 10.0 Å². The Balaban J connectivity index is 1.53. The Kier molecular flexibility index (Phi) is 6.14. The van der Waals surface area contributed by atoms with Gasteiger partial charge in [-0.2, -0.15) is 0 Å². The molecule has 0 fully saturated rings. The van der Waals surface area contributed by atoms with Gasteiger partial charge < -0.3 is 5.32 Å². The van der Waals surface area contributed by atoms with Crippen molar-refractivity contribution in [3.63, 3.8) is 0 Å². The van der Waals surface area contributed by atoms with Crippen LogP contribution >= 0.6 is 46.3 Å². The molecule has 3 rings (SSSR count). The number of carbonyl (C=O) groups is 1. The predicted molar refractivity (Wildman–Crippen MR) is 105 cm³/mol. The smallest absolute Gasteiger partial charge is 0.308 e. The first kappa shape index (κ1) is 18.0. The van der Waals surface area contributed by atoms with Crippen LogP contribution in [0, 0.1) is 0 Å². The molecular formula is C16H12Cl2N4OS2. The Morgan fingerprint density at radius 1 is 1.04 bits per heavy atom. The predicted octanol–water partition coefficient (Wildman–Crippen LogP) is 5.78. The molecule has 0 unspecified atom stereocenters. The van der Waals surface area contributed by atoms with Gasteiger partial charge in [0.25, 0.3) is 0 Å².